The number of aromatic nitrogens is 4. The lowest BCUT2D eigenvalue weighted by Crippen LogP contribution is -2.50. The molecule has 3 heterocycles. The third kappa shape index (κ3) is 3.07. The number of rotatable bonds is 3. The minimum atomic E-state index is -0.0685. The smallest absolute Gasteiger partial charge is 0.266 e. The molecular formula is C20H23N5O. The van der Waals surface area contributed by atoms with Crippen LogP contribution in [0.25, 0.3) is 10.9 Å². The summed E-state index contributed by atoms with van der Waals surface area (Å²) in [4.78, 5) is 23.2. The van der Waals surface area contributed by atoms with Gasteiger partial charge in [-0.2, -0.15) is 5.10 Å². The number of nitrogens with zero attached hydrogens (tertiary/aromatic N) is 5. The van der Waals surface area contributed by atoms with Gasteiger partial charge in [0.05, 0.1) is 17.8 Å². The fourth-order valence-corrected chi connectivity index (χ4v) is 3.33. The van der Waals surface area contributed by atoms with Crippen LogP contribution in [0.15, 0.2) is 47.5 Å². The van der Waals surface area contributed by atoms with Crippen LogP contribution < -0.4 is 10.5 Å². The largest absolute Gasteiger partial charge is 0.355 e. The summed E-state index contributed by atoms with van der Waals surface area (Å²) in [6, 6.07) is 11.5. The van der Waals surface area contributed by atoms with Crippen molar-refractivity contribution < 1.29 is 0 Å². The van der Waals surface area contributed by atoms with Crippen LogP contribution in [-0.2, 0) is 12.0 Å². The number of hydrogen-bond acceptors (Lipinski definition) is 5. The molecule has 4 rings (SSSR count). The zero-order valence-electron chi connectivity index (χ0n) is 15.4. The molecule has 0 atom stereocenters. The highest BCUT2D eigenvalue weighted by Crippen LogP contribution is 2.29. The molecule has 0 amide bonds. The Morgan fingerprint density at radius 1 is 1.08 bits per heavy atom. The number of benzene rings is 1. The maximum atomic E-state index is 12.2. The predicted octanol–water partition coefficient (Wildman–Crippen LogP) is 2.62. The average molecular weight is 349 g/mol. The highest BCUT2D eigenvalue weighted by Gasteiger charge is 2.30. The molecule has 1 aliphatic heterocycles. The molecule has 0 bridgehead atoms. The molecule has 1 aliphatic rings. The molecule has 6 nitrogen and oxygen atoms in total. The Bertz CT molecular complexity index is 993. The second kappa shape index (κ2) is 6.20. The Balaban J connectivity index is 1.50. The van der Waals surface area contributed by atoms with Crippen molar-refractivity contribution >= 4 is 16.7 Å². The van der Waals surface area contributed by atoms with Gasteiger partial charge in [-0.1, -0.05) is 32.9 Å². The van der Waals surface area contributed by atoms with Crippen molar-refractivity contribution in [2.75, 3.05) is 18.0 Å². The van der Waals surface area contributed by atoms with Gasteiger partial charge in [0.1, 0.15) is 12.1 Å². The monoisotopic (exact) mass is 349 g/mol. The molecule has 6 heteroatoms. The summed E-state index contributed by atoms with van der Waals surface area (Å²) in [6.45, 7) is 8.70. The molecule has 26 heavy (non-hydrogen) atoms. The van der Waals surface area contributed by atoms with Crippen molar-refractivity contribution in [3.8, 4) is 0 Å². The molecule has 1 saturated heterocycles. The SMILES string of the molecule is CC(C)(C)c1ccc(=O)n(CC2CN(c3ncnc4ccccc34)C2)n1. The Labute approximate surface area is 152 Å². The van der Waals surface area contributed by atoms with Crippen LogP contribution in [-0.4, -0.2) is 32.8 Å². The zero-order valence-corrected chi connectivity index (χ0v) is 15.4. The number of hydrogen-bond donors (Lipinski definition) is 0. The van der Waals surface area contributed by atoms with E-state index in [1.54, 1.807) is 17.1 Å². The lowest BCUT2D eigenvalue weighted by molar-refractivity contribution is 0.328. The Morgan fingerprint density at radius 2 is 1.85 bits per heavy atom. The van der Waals surface area contributed by atoms with Crippen molar-refractivity contribution in [2.24, 2.45) is 5.92 Å². The van der Waals surface area contributed by atoms with Crippen LogP contribution in [0.3, 0.4) is 0 Å². The Hall–Kier alpha value is -2.76. The van der Waals surface area contributed by atoms with Crippen LogP contribution in [0.1, 0.15) is 26.5 Å². The van der Waals surface area contributed by atoms with Gasteiger partial charge in [0.2, 0.25) is 0 Å². The fraction of sp³-hybridized carbons (Fsp3) is 0.400. The van der Waals surface area contributed by atoms with Crippen LogP contribution in [0, 0.1) is 5.92 Å². The van der Waals surface area contributed by atoms with Crippen molar-refractivity contribution in [3.05, 3.63) is 58.8 Å². The predicted molar refractivity (Wildman–Crippen MR) is 102 cm³/mol. The van der Waals surface area contributed by atoms with Crippen molar-refractivity contribution in [1.29, 1.82) is 0 Å². The van der Waals surface area contributed by atoms with E-state index in [0.29, 0.717) is 12.5 Å². The molecular weight excluding hydrogens is 326 g/mol. The summed E-state index contributed by atoms with van der Waals surface area (Å²) in [6.07, 6.45) is 1.61. The van der Waals surface area contributed by atoms with Gasteiger partial charge >= 0.3 is 0 Å². The van der Waals surface area contributed by atoms with Gasteiger partial charge in [0.25, 0.3) is 5.56 Å². The topological polar surface area (TPSA) is 63.9 Å². The van der Waals surface area contributed by atoms with E-state index in [2.05, 4.69) is 46.8 Å². The molecule has 1 aromatic carbocycles. The first-order valence-corrected chi connectivity index (χ1v) is 8.95. The highest BCUT2D eigenvalue weighted by molar-refractivity contribution is 5.89. The van der Waals surface area contributed by atoms with E-state index in [4.69, 9.17) is 0 Å². The summed E-state index contributed by atoms with van der Waals surface area (Å²) < 4.78 is 1.61. The lowest BCUT2D eigenvalue weighted by atomic mass is 9.92. The summed E-state index contributed by atoms with van der Waals surface area (Å²) in [5.41, 5.74) is 1.79. The van der Waals surface area contributed by atoms with Crippen molar-refractivity contribution in [1.82, 2.24) is 19.7 Å². The van der Waals surface area contributed by atoms with Crippen LogP contribution >= 0.6 is 0 Å². The Kier molecular flexibility index (Phi) is 3.98. The minimum absolute atomic E-state index is 0.0380. The van der Waals surface area contributed by atoms with E-state index in [9.17, 15) is 4.79 Å². The van der Waals surface area contributed by atoms with E-state index >= 15 is 0 Å². The van der Waals surface area contributed by atoms with Gasteiger partial charge in [0, 0.05) is 35.9 Å². The average Bonchev–Trinajstić information content (AvgIpc) is 2.58. The van der Waals surface area contributed by atoms with E-state index in [1.807, 2.05) is 24.3 Å². The second-order valence-electron chi connectivity index (χ2n) is 7.97. The van der Waals surface area contributed by atoms with E-state index in [-0.39, 0.29) is 11.0 Å². The van der Waals surface area contributed by atoms with E-state index in [0.717, 1.165) is 35.5 Å². The molecule has 0 radical (unpaired) electrons. The van der Waals surface area contributed by atoms with Crippen molar-refractivity contribution in [3.63, 3.8) is 0 Å². The summed E-state index contributed by atoms with van der Waals surface area (Å²) >= 11 is 0. The molecule has 0 aliphatic carbocycles. The summed E-state index contributed by atoms with van der Waals surface area (Å²) in [5, 5.41) is 5.64. The van der Waals surface area contributed by atoms with Crippen LogP contribution in [0.2, 0.25) is 0 Å². The van der Waals surface area contributed by atoms with Crippen LogP contribution in [0.5, 0.6) is 0 Å². The van der Waals surface area contributed by atoms with Gasteiger partial charge in [-0.15, -0.1) is 0 Å². The van der Waals surface area contributed by atoms with Gasteiger partial charge in [-0.25, -0.2) is 14.6 Å². The van der Waals surface area contributed by atoms with E-state index in [1.165, 1.54) is 0 Å². The van der Waals surface area contributed by atoms with Gasteiger partial charge in [-0.3, -0.25) is 4.79 Å². The van der Waals surface area contributed by atoms with Gasteiger partial charge < -0.3 is 4.90 Å². The van der Waals surface area contributed by atoms with Crippen LogP contribution in [0.4, 0.5) is 5.82 Å². The van der Waals surface area contributed by atoms with Crippen molar-refractivity contribution in [2.45, 2.75) is 32.7 Å². The number of para-hydroxylation sites is 1. The third-order valence-corrected chi connectivity index (χ3v) is 4.84. The maximum absolute atomic E-state index is 12.2. The first-order valence-electron chi connectivity index (χ1n) is 8.95. The maximum Gasteiger partial charge on any atom is 0.266 e. The van der Waals surface area contributed by atoms with Gasteiger partial charge in [-0.05, 0) is 18.2 Å². The molecule has 0 unspecified atom stereocenters. The summed E-state index contributed by atoms with van der Waals surface area (Å²) in [7, 11) is 0. The Morgan fingerprint density at radius 3 is 2.62 bits per heavy atom. The molecule has 2 aromatic heterocycles. The number of anilines is 1. The van der Waals surface area contributed by atoms with Gasteiger partial charge in [0.15, 0.2) is 0 Å². The molecule has 1 fully saturated rings. The zero-order chi connectivity index (χ0) is 18.3. The normalized spacial score (nSPS) is 15.3. The molecule has 0 spiro atoms. The molecule has 0 saturated carbocycles. The standard InChI is InChI=1S/C20H23N5O/c1-20(2,3)17-8-9-18(26)25(23-17)12-14-10-24(11-14)19-15-6-4-5-7-16(15)21-13-22-19/h4-9,13-14H,10-12H2,1-3H3. The first kappa shape index (κ1) is 16.7. The molecule has 134 valence electrons. The highest BCUT2D eigenvalue weighted by atomic mass is 16.1. The fourth-order valence-electron chi connectivity index (χ4n) is 3.33. The third-order valence-electron chi connectivity index (χ3n) is 4.84. The summed E-state index contributed by atoms with van der Waals surface area (Å²) in [5.74, 6) is 1.36. The lowest BCUT2D eigenvalue weighted by Gasteiger charge is -2.40. The molecule has 3 aromatic rings. The second-order valence-corrected chi connectivity index (χ2v) is 7.97. The quantitative estimate of drug-likeness (QED) is 0.727. The number of fused-ring (bicyclic) bond motifs is 1. The van der Waals surface area contributed by atoms with E-state index < -0.39 is 0 Å². The molecule has 0 N–H and O–H groups in total. The first-order chi connectivity index (χ1) is 12.4. The minimum Gasteiger partial charge on any atom is -0.355 e.